The van der Waals surface area contributed by atoms with Crippen molar-refractivity contribution in [3.63, 3.8) is 0 Å². The molecule has 1 unspecified atom stereocenters. The van der Waals surface area contributed by atoms with E-state index in [1.54, 1.807) is 24.5 Å². The zero-order valence-corrected chi connectivity index (χ0v) is 31.3. The number of benzene rings is 3. The van der Waals surface area contributed by atoms with Crippen molar-refractivity contribution < 1.29 is 23.9 Å². The highest BCUT2D eigenvalue weighted by Crippen LogP contribution is 2.37. The second kappa shape index (κ2) is 14.1. The van der Waals surface area contributed by atoms with Gasteiger partial charge in [0.1, 0.15) is 24.4 Å². The van der Waals surface area contributed by atoms with E-state index in [0.717, 1.165) is 77.7 Å². The van der Waals surface area contributed by atoms with E-state index >= 15 is 0 Å². The van der Waals surface area contributed by atoms with Crippen LogP contribution in [0.3, 0.4) is 0 Å². The summed E-state index contributed by atoms with van der Waals surface area (Å²) in [6.07, 6.45) is 3.67. The fraction of sp³-hybridized carbons (Fsp3) is 0.286. The number of fused-ring (bicyclic) bond motifs is 3. The second-order valence-electron chi connectivity index (χ2n) is 15.0. The Bertz CT molecular complexity index is 2580. The van der Waals surface area contributed by atoms with Crippen LogP contribution in [0.25, 0.3) is 22.0 Å². The van der Waals surface area contributed by atoms with Crippen LogP contribution >= 0.6 is 0 Å². The van der Waals surface area contributed by atoms with E-state index in [4.69, 9.17) is 9.72 Å². The molecule has 1 atom stereocenters. The molecule has 0 radical (unpaired) electrons. The molecule has 0 aliphatic carbocycles. The third-order valence-electron chi connectivity index (χ3n) is 11.7. The lowest BCUT2D eigenvalue weighted by Crippen LogP contribution is -2.63. The number of carbonyl (C=O) groups is 4. The Labute approximate surface area is 332 Å². The molecular weight excluding hydrogens is 739 g/mol. The number of nitriles is 1. The minimum atomic E-state index is -0.976. The van der Waals surface area contributed by atoms with Crippen molar-refractivity contribution in [3.05, 3.63) is 89.7 Å². The van der Waals surface area contributed by atoms with E-state index in [-0.39, 0.29) is 18.4 Å². The molecule has 0 spiro atoms. The van der Waals surface area contributed by atoms with Crippen LogP contribution in [0.2, 0.25) is 0 Å². The highest BCUT2D eigenvalue weighted by Gasteiger charge is 2.45. The Morgan fingerprint density at radius 2 is 1.62 bits per heavy atom. The highest BCUT2D eigenvalue weighted by molar-refractivity contribution is 6.23. The molecule has 3 aromatic carbocycles. The maximum absolute atomic E-state index is 13.3. The van der Waals surface area contributed by atoms with Crippen LogP contribution < -0.4 is 30.5 Å². The number of aromatic nitrogens is 3. The number of nitrogens with zero attached hydrogens (tertiary/aromatic N) is 8. The summed E-state index contributed by atoms with van der Waals surface area (Å²) < 4.78 is 5.62. The Balaban J connectivity index is 0.739. The number of amides is 4. The van der Waals surface area contributed by atoms with Gasteiger partial charge in [-0.1, -0.05) is 12.1 Å². The van der Waals surface area contributed by atoms with Crippen molar-refractivity contribution in [2.75, 3.05) is 72.9 Å². The molecule has 16 nitrogen and oxygen atoms in total. The van der Waals surface area contributed by atoms with Gasteiger partial charge < -0.3 is 25.2 Å². The number of nitrogens with one attached hydrogen (secondary N) is 3. The molecule has 0 bridgehead atoms. The molecular formula is C42H37N11O5. The number of ether oxygens (including phenoxy) is 1. The quantitative estimate of drug-likeness (QED) is 0.204. The molecule has 3 fully saturated rings. The van der Waals surface area contributed by atoms with Crippen LogP contribution in [0, 0.1) is 11.3 Å². The van der Waals surface area contributed by atoms with Crippen LogP contribution in [0.5, 0.6) is 5.88 Å². The normalized spacial score (nSPS) is 19.5. The van der Waals surface area contributed by atoms with Gasteiger partial charge in [0.05, 0.1) is 22.2 Å². The molecule has 3 saturated heterocycles. The fourth-order valence-electron chi connectivity index (χ4n) is 8.46. The Morgan fingerprint density at radius 3 is 2.41 bits per heavy atom. The Hall–Kier alpha value is -7.12. The van der Waals surface area contributed by atoms with Crippen LogP contribution in [0.1, 0.15) is 39.1 Å². The fourth-order valence-corrected chi connectivity index (χ4v) is 8.46. The number of rotatable bonds is 7. The largest absolute Gasteiger partial charge is 0.474 e. The molecule has 5 aliphatic heterocycles. The molecule has 5 aromatic rings. The average Bonchev–Trinajstić information content (AvgIpc) is 3.48. The predicted molar refractivity (Wildman–Crippen MR) is 214 cm³/mol. The molecule has 0 saturated carbocycles. The van der Waals surface area contributed by atoms with E-state index in [1.807, 2.05) is 36.4 Å². The van der Waals surface area contributed by atoms with Gasteiger partial charge in [-0.25, -0.2) is 15.0 Å². The van der Waals surface area contributed by atoms with Crippen LogP contribution in [-0.4, -0.2) is 113 Å². The van der Waals surface area contributed by atoms with Crippen molar-refractivity contribution in [1.29, 1.82) is 5.26 Å². The standard InChI is InChI=1S/C42H37N11O5/c43-19-32-33(21-45-39-37(32)44-11-16-58-39)24-1-2-25-20-46-42(48-34(25)17-24)47-26-3-5-27(6-4-26)50-12-14-51(15-13-50)29-22-52(23-29)28-7-8-30-31(18-28)41(57)53(40(30)56)35-9-10-36(54)49-38(35)55/h1-8,17-18,20-21,29,35,44H,9-16,22-23H2,(H,46,47,48)(H,49,54,55). The zero-order valence-electron chi connectivity index (χ0n) is 31.3. The minimum absolute atomic E-state index is 0.0890. The summed E-state index contributed by atoms with van der Waals surface area (Å²) in [5.41, 5.74) is 6.84. The van der Waals surface area contributed by atoms with Gasteiger partial charge in [-0.3, -0.25) is 34.3 Å². The second-order valence-corrected chi connectivity index (χ2v) is 15.0. The molecule has 4 amide bonds. The molecule has 5 aliphatic rings. The molecule has 16 heteroatoms. The van der Waals surface area contributed by atoms with E-state index < -0.39 is 29.7 Å². The number of piperazine rings is 1. The number of hydrogen-bond acceptors (Lipinski definition) is 14. The maximum atomic E-state index is 13.3. The first-order valence-corrected chi connectivity index (χ1v) is 19.3. The summed E-state index contributed by atoms with van der Waals surface area (Å²) in [5, 5.41) is 19.7. The van der Waals surface area contributed by atoms with Gasteiger partial charge in [0, 0.05) is 98.7 Å². The third kappa shape index (κ3) is 6.16. The van der Waals surface area contributed by atoms with Crippen LogP contribution in [0.4, 0.5) is 28.7 Å². The molecule has 58 heavy (non-hydrogen) atoms. The topological polar surface area (TPSA) is 189 Å². The monoisotopic (exact) mass is 775 g/mol. The van der Waals surface area contributed by atoms with Crippen LogP contribution in [-0.2, 0) is 9.59 Å². The number of anilines is 5. The highest BCUT2D eigenvalue weighted by atomic mass is 16.5. The summed E-state index contributed by atoms with van der Waals surface area (Å²) in [5.74, 6) is -1.08. The molecule has 7 heterocycles. The van der Waals surface area contributed by atoms with Gasteiger partial charge in [-0.05, 0) is 60.5 Å². The third-order valence-corrected chi connectivity index (χ3v) is 11.7. The number of piperidine rings is 1. The zero-order chi connectivity index (χ0) is 39.5. The summed E-state index contributed by atoms with van der Waals surface area (Å²) in [6, 6.07) is 21.1. The van der Waals surface area contributed by atoms with Crippen molar-refractivity contribution >= 4 is 63.2 Å². The molecule has 290 valence electrons. The number of pyridine rings is 1. The molecule has 10 rings (SSSR count). The van der Waals surface area contributed by atoms with E-state index in [1.165, 1.54) is 0 Å². The summed E-state index contributed by atoms with van der Waals surface area (Å²) in [7, 11) is 0. The van der Waals surface area contributed by atoms with Gasteiger partial charge in [0.2, 0.25) is 23.6 Å². The van der Waals surface area contributed by atoms with Crippen molar-refractivity contribution in [2.45, 2.75) is 24.9 Å². The van der Waals surface area contributed by atoms with Crippen LogP contribution in [0.15, 0.2) is 73.1 Å². The molecule has 3 N–H and O–H groups in total. The molecule has 2 aromatic heterocycles. The number of hydrogen-bond donors (Lipinski definition) is 3. The van der Waals surface area contributed by atoms with E-state index in [9.17, 15) is 24.4 Å². The maximum Gasteiger partial charge on any atom is 0.262 e. The van der Waals surface area contributed by atoms with Gasteiger partial charge in [-0.15, -0.1) is 0 Å². The van der Waals surface area contributed by atoms with Gasteiger partial charge in [0.15, 0.2) is 0 Å². The summed E-state index contributed by atoms with van der Waals surface area (Å²) in [4.78, 5) is 72.3. The minimum Gasteiger partial charge on any atom is -0.474 e. The Morgan fingerprint density at radius 1 is 0.828 bits per heavy atom. The SMILES string of the molecule is N#Cc1c(-c2ccc3cnc(Nc4ccc(N5CCN(C6CN(c7ccc8c(c7)C(=O)N(C7CCC(=O)NC7=O)C8=O)C6)CC5)cc4)nc3c2)cnc2c1NCCO2. The smallest absolute Gasteiger partial charge is 0.262 e. The van der Waals surface area contributed by atoms with Crippen molar-refractivity contribution in [2.24, 2.45) is 0 Å². The number of imide groups is 2. The lowest BCUT2D eigenvalue weighted by molar-refractivity contribution is -0.136. The van der Waals surface area contributed by atoms with Crippen molar-refractivity contribution in [3.8, 4) is 23.1 Å². The summed E-state index contributed by atoms with van der Waals surface area (Å²) in [6.45, 7) is 6.37. The average molecular weight is 776 g/mol. The first kappa shape index (κ1) is 35.3. The summed E-state index contributed by atoms with van der Waals surface area (Å²) >= 11 is 0. The first-order valence-electron chi connectivity index (χ1n) is 19.3. The van der Waals surface area contributed by atoms with Crippen molar-refractivity contribution in [1.82, 2.24) is 30.1 Å². The van der Waals surface area contributed by atoms with Gasteiger partial charge in [0.25, 0.3) is 11.8 Å². The van der Waals surface area contributed by atoms with Gasteiger partial charge >= 0.3 is 0 Å². The number of carbonyl (C=O) groups excluding carboxylic acids is 4. The van der Waals surface area contributed by atoms with E-state index in [2.05, 4.69) is 58.8 Å². The lowest BCUT2D eigenvalue weighted by atomic mass is 10.00. The van der Waals surface area contributed by atoms with E-state index in [0.29, 0.717) is 53.4 Å². The predicted octanol–water partition coefficient (Wildman–Crippen LogP) is 3.52. The van der Waals surface area contributed by atoms with Gasteiger partial charge in [-0.2, -0.15) is 5.26 Å². The lowest BCUT2D eigenvalue weighted by Gasteiger charge is -2.49. The first-order chi connectivity index (χ1) is 28.3. The Kier molecular flexibility index (Phi) is 8.59.